The first-order chi connectivity index (χ1) is 20.6. The Balaban J connectivity index is 1.40. The quantitative estimate of drug-likeness (QED) is 0.107. The van der Waals surface area contributed by atoms with Gasteiger partial charge in [0, 0.05) is 24.7 Å². The third-order valence-electron chi connectivity index (χ3n) is 9.38. The summed E-state index contributed by atoms with van der Waals surface area (Å²) in [6.07, 6.45) is 35.3. The monoisotopic (exact) mass is 581 g/mol. The van der Waals surface area contributed by atoms with Crippen molar-refractivity contribution in [2.24, 2.45) is 0 Å². The van der Waals surface area contributed by atoms with E-state index in [2.05, 4.69) is 55.7 Å². The van der Waals surface area contributed by atoms with E-state index >= 15 is 0 Å². The number of allylic oxidation sites excluding steroid dienone is 1. The summed E-state index contributed by atoms with van der Waals surface area (Å²) < 4.78 is 0. The predicted molar refractivity (Wildman–Crippen MR) is 186 cm³/mol. The smallest absolute Gasteiger partial charge is 0.220 e. The highest BCUT2D eigenvalue weighted by Gasteiger charge is 2.15. The highest BCUT2D eigenvalue weighted by atomic mass is 16.1. The molecule has 2 N–H and O–H groups in total. The van der Waals surface area contributed by atoms with Crippen LogP contribution in [-0.4, -0.2) is 18.5 Å². The molecule has 0 radical (unpaired) electrons. The second kappa shape index (κ2) is 24.6. The van der Waals surface area contributed by atoms with Gasteiger partial charge in [-0.25, -0.2) is 0 Å². The Morgan fingerprint density at radius 2 is 1.24 bits per heavy atom. The van der Waals surface area contributed by atoms with Crippen LogP contribution in [0.2, 0.25) is 0 Å². The summed E-state index contributed by atoms with van der Waals surface area (Å²) in [4.78, 5) is 12.4. The molecule has 1 saturated carbocycles. The van der Waals surface area contributed by atoms with E-state index in [1.54, 1.807) is 0 Å². The van der Waals surface area contributed by atoms with Crippen molar-refractivity contribution < 1.29 is 4.79 Å². The lowest BCUT2D eigenvalue weighted by Gasteiger charge is -2.17. The van der Waals surface area contributed by atoms with Gasteiger partial charge in [0.05, 0.1) is 0 Å². The third kappa shape index (κ3) is 17.4. The molecule has 2 rings (SSSR count). The predicted octanol–water partition coefficient (Wildman–Crippen LogP) is 12.1. The number of hydrogen-bond acceptors (Lipinski definition) is 2. The topological polar surface area (TPSA) is 41.1 Å². The molecule has 1 aliphatic carbocycles. The van der Waals surface area contributed by atoms with Gasteiger partial charge >= 0.3 is 0 Å². The lowest BCUT2D eigenvalue weighted by molar-refractivity contribution is -0.121. The zero-order valence-corrected chi connectivity index (χ0v) is 28.2. The maximum atomic E-state index is 12.4. The highest BCUT2D eigenvalue weighted by Crippen LogP contribution is 2.28. The Kier molecular flexibility index (Phi) is 21.4. The fourth-order valence-corrected chi connectivity index (χ4v) is 6.59. The molecule has 0 aromatic heterocycles. The number of amides is 1. The van der Waals surface area contributed by atoms with Gasteiger partial charge in [0.25, 0.3) is 0 Å². The summed E-state index contributed by atoms with van der Waals surface area (Å²) in [5.41, 5.74) is 5.18. The van der Waals surface area contributed by atoms with Gasteiger partial charge in [-0.2, -0.15) is 0 Å². The van der Waals surface area contributed by atoms with Crippen molar-refractivity contribution in [2.75, 3.05) is 11.9 Å². The van der Waals surface area contributed by atoms with Crippen LogP contribution in [0.4, 0.5) is 5.69 Å². The fraction of sp³-hybridized carbons (Fsp3) is 0.769. The van der Waals surface area contributed by atoms with E-state index in [0.717, 1.165) is 19.4 Å². The first kappa shape index (κ1) is 36.4. The van der Waals surface area contributed by atoms with Crippen molar-refractivity contribution in [1.29, 1.82) is 0 Å². The number of hydrogen-bond donors (Lipinski definition) is 2. The molecule has 0 spiro atoms. The summed E-state index contributed by atoms with van der Waals surface area (Å²) in [5.74, 6) is 0.214. The molecule has 1 fully saturated rings. The summed E-state index contributed by atoms with van der Waals surface area (Å²) in [6, 6.07) is 7.38. The van der Waals surface area contributed by atoms with Gasteiger partial charge in [-0.15, -0.1) is 0 Å². The van der Waals surface area contributed by atoms with Crippen LogP contribution >= 0.6 is 0 Å². The highest BCUT2D eigenvalue weighted by molar-refractivity contribution is 5.76. The molecule has 42 heavy (non-hydrogen) atoms. The standard InChI is InChI=1S/C39H68N2O/c1-4-6-7-8-9-10-11-12-13-14-15-16-17-18-19-20-21-22-23-28-39(42)40-32-31-35(5-2)38-33-37(30-29-34(38)3)41-36-26-24-25-27-36/h5,29-30,33,36,41H,4,6-28,31-32H2,1-3H3,(H,40,42)/b35-5-. The number of rotatable bonds is 26. The number of benzene rings is 1. The third-order valence-corrected chi connectivity index (χ3v) is 9.38. The molecule has 3 heteroatoms. The second-order valence-electron chi connectivity index (χ2n) is 13.2. The van der Waals surface area contributed by atoms with Crippen molar-refractivity contribution >= 4 is 17.2 Å². The Morgan fingerprint density at radius 3 is 1.74 bits per heavy atom. The van der Waals surface area contributed by atoms with Gasteiger partial charge in [0.2, 0.25) is 5.91 Å². The molecule has 240 valence electrons. The molecule has 0 atom stereocenters. The van der Waals surface area contributed by atoms with Crippen LogP contribution in [0, 0.1) is 6.92 Å². The van der Waals surface area contributed by atoms with Gasteiger partial charge < -0.3 is 10.6 Å². The molecule has 3 nitrogen and oxygen atoms in total. The van der Waals surface area contributed by atoms with Crippen LogP contribution in [0.3, 0.4) is 0 Å². The molecular weight excluding hydrogens is 512 g/mol. The fourth-order valence-electron chi connectivity index (χ4n) is 6.59. The van der Waals surface area contributed by atoms with Crippen LogP contribution in [-0.2, 0) is 4.79 Å². The van der Waals surface area contributed by atoms with E-state index in [-0.39, 0.29) is 5.91 Å². The molecule has 0 saturated heterocycles. The molecule has 1 aromatic rings. The van der Waals surface area contributed by atoms with Crippen LogP contribution in [0.1, 0.15) is 185 Å². The minimum absolute atomic E-state index is 0.214. The van der Waals surface area contributed by atoms with Crippen LogP contribution in [0.5, 0.6) is 0 Å². The van der Waals surface area contributed by atoms with Gasteiger partial charge in [0.15, 0.2) is 0 Å². The van der Waals surface area contributed by atoms with Gasteiger partial charge in [-0.1, -0.05) is 147 Å². The summed E-state index contributed by atoms with van der Waals surface area (Å²) in [7, 11) is 0. The average Bonchev–Trinajstić information content (AvgIpc) is 3.51. The van der Waals surface area contributed by atoms with Crippen molar-refractivity contribution in [3.63, 3.8) is 0 Å². The number of anilines is 1. The molecule has 0 aliphatic heterocycles. The summed E-state index contributed by atoms with van der Waals surface area (Å²) >= 11 is 0. The second-order valence-corrected chi connectivity index (χ2v) is 13.2. The molecular formula is C39H68N2O. The molecule has 1 amide bonds. The number of carbonyl (C=O) groups excluding carboxylic acids is 1. The largest absolute Gasteiger partial charge is 0.382 e. The van der Waals surface area contributed by atoms with Crippen LogP contribution < -0.4 is 10.6 Å². The van der Waals surface area contributed by atoms with Crippen molar-refractivity contribution in [1.82, 2.24) is 5.32 Å². The van der Waals surface area contributed by atoms with E-state index in [1.807, 2.05) is 0 Å². The van der Waals surface area contributed by atoms with E-state index in [9.17, 15) is 4.79 Å². The first-order valence-electron chi connectivity index (χ1n) is 18.4. The summed E-state index contributed by atoms with van der Waals surface area (Å²) in [6.45, 7) is 7.32. The zero-order valence-electron chi connectivity index (χ0n) is 28.2. The van der Waals surface area contributed by atoms with Gasteiger partial charge in [0.1, 0.15) is 0 Å². The number of aryl methyl sites for hydroxylation is 1. The molecule has 0 bridgehead atoms. The van der Waals surface area contributed by atoms with Crippen LogP contribution in [0.15, 0.2) is 24.3 Å². The summed E-state index contributed by atoms with van der Waals surface area (Å²) in [5, 5.41) is 6.91. The van der Waals surface area contributed by atoms with Gasteiger partial charge in [-0.05, 0) is 68.4 Å². The Hall–Kier alpha value is -1.77. The lowest BCUT2D eigenvalue weighted by atomic mass is 9.97. The Labute approximate surface area is 261 Å². The van der Waals surface area contributed by atoms with Crippen LogP contribution in [0.25, 0.3) is 5.57 Å². The SMILES string of the molecule is C/C=C(/CCNC(=O)CCCCCCCCCCCCCCCCCCCCC)c1cc(NC2CCCC2)ccc1C. The van der Waals surface area contributed by atoms with Crippen molar-refractivity contribution in [2.45, 2.75) is 187 Å². The molecule has 0 unspecified atom stereocenters. The van der Waals surface area contributed by atoms with Crippen molar-refractivity contribution in [3.8, 4) is 0 Å². The number of unbranched alkanes of at least 4 members (excludes halogenated alkanes) is 18. The first-order valence-corrected chi connectivity index (χ1v) is 18.4. The average molecular weight is 581 g/mol. The maximum Gasteiger partial charge on any atom is 0.220 e. The Morgan fingerprint density at radius 1 is 0.738 bits per heavy atom. The van der Waals surface area contributed by atoms with E-state index in [1.165, 1.54) is 164 Å². The molecule has 1 aromatic carbocycles. The minimum atomic E-state index is 0.214. The minimum Gasteiger partial charge on any atom is -0.382 e. The lowest BCUT2D eigenvalue weighted by Crippen LogP contribution is -2.24. The van der Waals surface area contributed by atoms with E-state index in [0.29, 0.717) is 12.5 Å². The van der Waals surface area contributed by atoms with E-state index < -0.39 is 0 Å². The number of carbonyl (C=O) groups is 1. The van der Waals surface area contributed by atoms with E-state index in [4.69, 9.17) is 0 Å². The van der Waals surface area contributed by atoms with Gasteiger partial charge in [-0.3, -0.25) is 4.79 Å². The Bertz CT molecular complexity index is 839. The normalized spacial score (nSPS) is 14.0. The maximum absolute atomic E-state index is 12.4. The number of nitrogens with one attached hydrogen (secondary N) is 2. The van der Waals surface area contributed by atoms with Crippen molar-refractivity contribution in [3.05, 3.63) is 35.4 Å². The molecule has 1 aliphatic rings. The molecule has 0 heterocycles. The zero-order chi connectivity index (χ0) is 30.1.